The molecule has 19 heavy (non-hydrogen) atoms. The zero-order valence-electron chi connectivity index (χ0n) is 10.8. The molecule has 0 bridgehead atoms. The third-order valence-corrected chi connectivity index (χ3v) is 2.49. The summed E-state index contributed by atoms with van der Waals surface area (Å²) in [5, 5.41) is 0. The molecule has 1 aromatic rings. The lowest BCUT2D eigenvalue weighted by Crippen LogP contribution is -2.13. The van der Waals surface area contributed by atoms with Crippen molar-refractivity contribution in [3.05, 3.63) is 23.0 Å². The molecule has 0 fully saturated rings. The summed E-state index contributed by atoms with van der Waals surface area (Å²) < 4.78 is 35.8. The number of carbonyl (C=O) groups excluding carboxylic acids is 1. The average Bonchev–Trinajstić information content (AvgIpc) is 2.38. The fourth-order valence-corrected chi connectivity index (χ4v) is 1.69. The highest BCUT2D eigenvalue weighted by Gasteiger charge is 2.23. The predicted molar refractivity (Wildman–Crippen MR) is 64.0 cm³/mol. The molecule has 0 aliphatic heterocycles. The molecule has 1 heterocycles. The first-order valence-electron chi connectivity index (χ1n) is 5.73. The number of ether oxygens (including phenoxy) is 2. The third-order valence-electron chi connectivity index (χ3n) is 2.49. The maximum Gasteiger partial charge on any atom is 0.312 e. The quantitative estimate of drug-likeness (QED) is 0.797. The normalized spacial score (nSPS) is 10.6. The molecule has 0 aromatic carbocycles. The van der Waals surface area contributed by atoms with E-state index in [-0.39, 0.29) is 42.1 Å². The summed E-state index contributed by atoms with van der Waals surface area (Å²) in [5.41, 5.74) is 5.38. The lowest BCUT2D eigenvalue weighted by Gasteiger charge is -2.15. The van der Waals surface area contributed by atoms with Crippen molar-refractivity contribution < 1.29 is 23.0 Å². The molecule has 0 aliphatic carbocycles. The van der Waals surface area contributed by atoms with E-state index in [1.807, 2.05) is 0 Å². The minimum atomic E-state index is -2.75. The molecule has 0 radical (unpaired) electrons. The van der Waals surface area contributed by atoms with Gasteiger partial charge in [0.05, 0.1) is 31.4 Å². The number of carbonyl (C=O) groups is 1. The Balaban J connectivity index is 3.19. The molecular weight excluding hydrogens is 258 g/mol. The van der Waals surface area contributed by atoms with Gasteiger partial charge in [-0.15, -0.1) is 0 Å². The largest absolute Gasteiger partial charge is 0.494 e. The van der Waals surface area contributed by atoms with Crippen molar-refractivity contribution >= 4 is 5.97 Å². The van der Waals surface area contributed by atoms with Crippen LogP contribution < -0.4 is 10.5 Å². The van der Waals surface area contributed by atoms with E-state index >= 15 is 0 Å². The van der Waals surface area contributed by atoms with Crippen LogP contribution in [0.4, 0.5) is 8.78 Å². The molecule has 2 N–H and O–H groups in total. The molecule has 1 rings (SSSR count). The van der Waals surface area contributed by atoms with E-state index in [1.54, 1.807) is 6.92 Å². The third kappa shape index (κ3) is 3.60. The number of rotatable bonds is 6. The van der Waals surface area contributed by atoms with Crippen molar-refractivity contribution in [3.8, 4) is 5.75 Å². The Labute approximate surface area is 109 Å². The zero-order valence-corrected chi connectivity index (χ0v) is 10.8. The molecular formula is C12H16F2N2O3. The predicted octanol–water partition coefficient (Wildman–Crippen LogP) is 1.59. The SMILES string of the molecule is CCOC(=O)Cc1ncc(CN)c(C(F)F)c1OC. The first-order valence-corrected chi connectivity index (χ1v) is 5.73. The molecule has 1 aromatic heterocycles. The number of alkyl halides is 2. The minimum Gasteiger partial charge on any atom is -0.494 e. The van der Waals surface area contributed by atoms with Gasteiger partial charge in [-0.2, -0.15) is 0 Å². The van der Waals surface area contributed by atoms with Crippen LogP contribution in [0.5, 0.6) is 5.75 Å². The fourth-order valence-electron chi connectivity index (χ4n) is 1.69. The van der Waals surface area contributed by atoms with Gasteiger partial charge in [0.1, 0.15) is 5.75 Å². The first-order chi connectivity index (χ1) is 9.04. The summed E-state index contributed by atoms with van der Waals surface area (Å²) in [7, 11) is 1.25. The van der Waals surface area contributed by atoms with E-state index in [9.17, 15) is 13.6 Å². The topological polar surface area (TPSA) is 74.4 Å². The fraction of sp³-hybridized carbons (Fsp3) is 0.500. The second-order valence-electron chi connectivity index (χ2n) is 3.66. The molecule has 0 atom stereocenters. The molecule has 0 saturated heterocycles. The van der Waals surface area contributed by atoms with Gasteiger partial charge in [0, 0.05) is 12.7 Å². The molecule has 5 nitrogen and oxygen atoms in total. The second kappa shape index (κ2) is 6.98. The van der Waals surface area contributed by atoms with Gasteiger partial charge in [-0.1, -0.05) is 0 Å². The monoisotopic (exact) mass is 274 g/mol. The highest BCUT2D eigenvalue weighted by molar-refractivity contribution is 5.73. The van der Waals surface area contributed by atoms with E-state index in [4.69, 9.17) is 15.2 Å². The Morgan fingerprint density at radius 3 is 2.68 bits per heavy atom. The summed E-state index contributed by atoms with van der Waals surface area (Å²) in [6.07, 6.45) is -1.74. The number of halogens is 2. The molecule has 0 saturated carbocycles. The molecule has 0 unspecified atom stereocenters. The number of hydrogen-bond acceptors (Lipinski definition) is 5. The van der Waals surface area contributed by atoms with Crippen LogP contribution in [-0.4, -0.2) is 24.7 Å². The van der Waals surface area contributed by atoms with Crippen LogP contribution in [0.25, 0.3) is 0 Å². The number of hydrogen-bond donors (Lipinski definition) is 1. The van der Waals surface area contributed by atoms with Crippen LogP contribution in [0.1, 0.15) is 30.2 Å². The van der Waals surface area contributed by atoms with Crippen molar-refractivity contribution in [1.82, 2.24) is 4.98 Å². The van der Waals surface area contributed by atoms with E-state index < -0.39 is 12.4 Å². The summed E-state index contributed by atoms with van der Waals surface area (Å²) in [5.74, 6) is -0.653. The molecule has 0 amide bonds. The summed E-state index contributed by atoms with van der Waals surface area (Å²) in [6.45, 7) is 1.79. The van der Waals surface area contributed by atoms with Gasteiger partial charge in [-0.05, 0) is 12.5 Å². The van der Waals surface area contributed by atoms with Crippen LogP contribution in [0.15, 0.2) is 6.20 Å². The maximum atomic E-state index is 13.0. The highest BCUT2D eigenvalue weighted by Crippen LogP contribution is 2.34. The Bertz CT molecular complexity index is 453. The number of nitrogens with two attached hydrogens (primary N) is 1. The standard InChI is InChI=1S/C12H16F2N2O3/c1-3-19-9(17)4-8-11(18-2)10(12(13)14)7(5-15)6-16-8/h6,12H,3-5,15H2,1-2H3. The molecule has 0 spiro atoms. The van der Waals surface area contributed by atoms with Crippen molar-refractivity contribution in [3.63, 3.8) is 0 Å². The molecule has 106 valence electrons. The van der Waals surface area contributed by atoms with Crippen molar-refractivity contribution in [1.29, 1.82) is 0 Å². The van der Waals surface area contributed by atoms with E-state index in [1.165, 1.54) is 13.3 Å². The Kier molecular flexibility index (Phi) is 5.62. The lowest BCUT2D eigenvalue weighted by atomic mass is 10.1. The lowest BCUT2D eigenvalue weighted by molar-refractivity contribution is -0.142. The summed E-state index contributed by atoms with van der Waals surface area (Å²) in [6, 6.07) is 0. The van der Waals surface area contributed by atoms with Crippen molar-refractivity contribution in [2.75, 3.05) is 13.7 Å². The molecule has 0 aliphatic rings. The zero-order chi connectivity index (χ0) is 14.4. The van der Waals surface area contributed by atoms with Gasteiger partial charge in [0.2, 0.25) is 0 Å². The van der Waals surface area contributed by atoms with Gasteiger partial charge in [0.25, 0.3) is 6.43 Å². The van der Waals surface area contributed by atoms with Crippen molar-refractivity contribution in [2.24, 2.45) is 5.73 Å². The first kappa shape index (κ1) is 15.3. The Morgan fingerprint density at radius 2 is 2.21 bits per heavy atom. The van der Waals surface area contributed by atoms with E-state index in [2.05, 4.69) is 4.98 Å². The number of methoxy groups -OCH3 is 1. The number of pyridine rings is 1. The smallest absolute Gasteiger partial charge is 0.312 e. The van der Waals surface area contributed by atoms with E-state index in [0.717, 1.165) is 0 Å². The maximum absolute atomic E-state index is 13.0. The van der Waals surface area contributed by atoms with Gasteiger partial charge < -0.3 is 15.2 Å². The van der Waals surface area contributed by atoms with Crippen LogP contribution in [0, 0.1) is 0 Å². The second-order valence-corrected chi connectivity index (χ2v) is 3.66. The van der Waals surface area contributed by atoms with Crippen LogP contribution >= 0.6 is 0 Å². The van der Waals surface area contributed by atoms with Crippen molar-refractivity contribution in [2.45, 2.75) is 26.3 Å². The summed E-state index contributed by atoms with van der Waals surface area (Å²) in [4.78, 5) is 15.3. The highest BCUT2D eigenvalue weighted by atomic mass is 19.3. The van der Waals surface area contributed by atoms with Gasteiger partial charge in [-0.3, -0.25) is 9.78 Å². The Hall–Kier alpha value is -1.76. The Morgan fingerprint density at radius 1 is 1.53 bits per heavy atom. The number of esters is 1. The van der Waals surface area contributed by atoms with Gasteiger partial charge in [-0.25, -0.2) is 8.78 Å². The average molecular weight is 274 g/mol. The molecule has 7 heteroatoms. The summed E-state index contributed by atoms with van der Waals surface area (Å²) >= 11 is 0. The number of nitrogens with zero attached hydrogens (tertiary/aromatic N) is 1. The van der Waals surface area contributed by atoms with Gasteiger partial charge in [0.15, 0.2) is 0 Å². The number of aromatic nitrogens is 1. The van der Waals surface area contributed by atoms with Crippen LogP contribution in [0.2, 0.25) is 0 Å². The van der Waals surface area contributed by atoms with E-state index in [0.29, 0.717) is 0 Å². The van der Waals surface area contributed by atoms with Gasteiger partial charge >= 0.3 is 5.97 Å². The van der Waals surface area contributed by atoms with Crippen LogP contribution in [-0.2, 0) is 22.5 Å². The van der Waals surface area contributed by atoms with Crippen LogP contribution in [0.3, 0.4) is 0 Å². The minimum absolute atomic E-state index is 0.0806.